The van der Waals surface area contributed by atoms with Crippen LogP contribution in [0.3, 0.4) is 0 Å². The molecule has 0 spiro atoms. The molecule has 0 unspecified atom stereocenters. The highest BCUT2D eigenvalue weighted by atomic mass is 35.5. The van der Waals surface area contributed by atoms with Crippen LogP contribution < -0.4 is 5.32 Å². The van der Waals surface area contributed by atoms with Gasteiger partial charge in [-0.25, -0.2) is 16.8 Å². The van der Waals surface area contributed by atoms with E-state index in [0.717, 1.165) is 11.3 Å². The second-order valence-electron chi connectivity index (χ2n) is 5.33. The molecular formula is C13H20ClNO5S3. The molecule has 6 nitrogen and oxygen atoms in total. The first-order valence-electron chi connectivity index (χ1n) is 7.27. The number of rotatable bonds is 8. The molecule has 2 atom stereocenters. The van der Waals surface area contributed by atoms with Gasteiger partial charge in [-0.05, 0) is 32.0 Å². The molecule has 0 bridgehead atoms. The lowest BCUT2D eigenvalue weighted by Gasteiger charge is -2.19. The maximum Gasteiger partial charge on any atom is 0.193 e. The molecule has 0 amide bonds. The van der Waals surface area contributed by atoms with Crippen LogP contribution in [0.4, 0.5) is 0 Å². The van der Waals surface area contributed by atoms with Gasteiger partial charge >= 0.3 is 0 Å². The predicted molar refractivity (Wildman–Crippen MR) is 91.9 cm³/mol. The Kier molecular flexibility index (Phi) is 6.49. The van der Waals surface area contributed by atoms with Crippen LogP contribution in [0.2, 0.25) is 4.34 Å². The molecule has 1 fully saturated rings. The van der Waals surface area contributed by atoms with Gasteiger partial charge < -0.3 is 10.1 Å². The van der Waals surface area contributed by atoms with Crippen LogP contribution in [0, 0.1) is 0 Å². The minimum Gasteiger partial charge on any atom is -0.382 e. The molecule has 0 aliphatic carbocycles. The fourth-order valence-corrected chi connectivity index (χ4v) is 8.94. The minimum absolute atomic E-state index is 0.116. The SMILES string of the molecule is CCOCCCN[C@H]1CS(=O)(=O)C[C@@H]1S(=O)(=O)c1ccc(Cl)s1. The third kappa shape index (κ3) is 4.90. The van der Waals surface area contributed by atoms with Crippen LogP contribution in [-0.2, 0) is 24.4 Å². The molecule has 2 heterocycles. The van der Waals surface area contributed by atoms with Gasteiger partial charge in [0.25, 0.3) is 0 Å². The first-order valence-corrected chi connectivity index (χ1v) is 11.8. The third-order valence-electron chi connectivity index (χ3n) is 3.60. The number of hydrogen-bond acceptors (Lipinski definition) is 7. The Labute approximate surface area is 146 Å². The molecule has 1 aromatic heterocycles. The Hall–Kier alpha value is -0.190. The summed E-state index contributed by atoms with van der Waals surface area (Å²) in [7, 11) is -7.10. The normalized spacial score (nSPS) is 24.1. The number of sulfone groups is 2. The highest BCUT2D eigenvalue weighted by Gasteiger charge is 2.46. The zero-order valence-electron chi connectivity index (χ0n) is 12.7. The van der Waals surface area contributed by atoms with Crippen molar-refractivity contribution in [1.82, 2.24) is 5.32 Å². The molecule has 1 aromatic rings. The fraction of sp³-hybridized carbons (Fsp3) is 0.692. The van der Waals surface area contributed by atoms with E-state index in [1.165, 1.54) is 12.1 Å². The summed E-state index contributed by atoms with van der Waals surface area (Å²) in [6, 6.07) is 2.33. The quantitative estimate of drug-likeness (QED) is 0.661. The minimum atomic E-state index is -3.72. The van der Waals surface area contributed by atoms with Crippen LogP contribution in [0.1, 0.15) is 13.3 Å². The summed E-state index contributed by atoms with van der Waals surface area (Å²) in [5, 5.41) is 2.08. The monoisotopic (exact) mass is 401 g/mol. The molecule has 0 radical (unpaired) electrons. The zero-order valence-corrected chi connectivity index (χ0v) is 15.9. The summed E-state index contributed by atoms with van der Waals surface area (Å²) in [6.07, 6.45) is 0.696. The summed E-state index contributed by atoms with van der Waals surface area (Å²) in [5.41, 5.74) is 0. The van der Waals surface area contributed by atoms with E-state index in [9.17, 15) is 16.8 Å². The maximum atomic E-state index is 12.7. The summed E-state index contributed by atoms with van der Waals surface area (Å²) in [4.78, 5) is 0. The van der Waals surface area contributed by atoms with Gasteiger partial charge in [0.05, 0.1) is 21.1 Å². The molecule has 0 saturated carbocycles. The topological polar surface area (TPSA) is 89.5 Å². The second-order valence-corrected chi connectivity index (χ2v) is 11.6. The highest BCUT2D eigenvalue weighted by molar-refractivity contribution is 7.97. The molecule has 132 valence electrons. The first-order chi connectivity index (χ1) is 10.8. The van der Waals surface area contributed by atoms with Gasteiger partial charge in [0, 0.05) is 19.3 Å². The Balaban J connectivity index is 2.11. The van der Waals surface area contributed by atoms with Crippen LogP contribution in [-0.4, -0.2) is 59.4 Å². The van der Waals surface area contributed by atoms with Crippen molar-refractivity contribution in [1.29, 1.82) is 0 Å². The number of ether oxygens (including phenoxy) is 1. The molecule has 0 aromatic carbocycles. The summed E-state index contributed by atoms with van der Waals surface area (Å²) < 4.78 is 54.9. The van der Waals surface area contributed by atoms with Gasteiger partial charge in [0.15, 0.2) is 19.7 Å². The zero-order chi connectivity index (χ0) is 17.1. The third-order valence-corrected chi connectivity index (χ3v) is 9.51. The Bertz CT molecular complexity index is 729. The van der Waals surface area contributed by atoms with Gasteiger partial charge in [-0.3, -0.25) is 0 Å². The van der Waals surface area contributed by atoms with Crippen molar-refractivity contribution < 1.29 is 21.6 Å². The maximum absolute atomic E-state index is 12.7. The van der Waals surface area contributed by atoms with Crippen molar-refractivity contribution in [3.63, 3.8) is 0 Å². The van der Waals surface area contributed by atoms with Crippen LogP contribution >= 0.6 is 22.9 Å². The van der Waals surface area contributed by atoms with Gasteiger partial charge in [-0.2, -0.15) is 0 Å². The molecule has 1 aliphatic rings. The first kappa shape index (κ1) is 19.1. The van der Waals surface area contributed by atoms with E-state index in [-0.39, 0.29) is 15.7 Å². The van der Waals surface area contributed by atoms with Gasteiger partial charge in [0.2, 0.25) is 0 Å². The predicted octanol–water partition coefficient (Wildman–Crippen LogP) is 1.36. The van der Waals surface area contributed by atoms with E-state index in [1.54, 1.807) is 0 Å². The highest BCUT2D eigenvalue weighted by Crippen LogP contribution is 2.32. The van der Waals surface area contributed by atoms with Crippen molar-refractivity contribution in [2.45, 2.75) is 28.8 Å². The molecular weight excluding hydrogens is 382 g/mol. The van der Waals surface area contributed by atoms with Crippen LogP contribution in [0.15, 0.2) is 16.3 Å². The van der Waals surface area contributed by atoms with Gasteiger partial charge in [-0.15, -0.1) is 11.3 Å². The average Bonchev–Trinajstić information content (AvgIpc) is 3.03. The van der Waals surface area contributed by atoms with Crippen molar-refractivity contribution in [3.8, 4) is 0 Å². The Morgan fingerprint density at radius 2 is 2.13 bits per heavy atom. The van der Waals surface area contributed by atoms with Crippen LogP contribution in [0.5, 0.6) is 0 Å². The second kappa shape index (κ2) is 7.79. The summed E-state index contributed by atoms with van der Waals surface area (Å²) in [6.45, 7) is 3.58. The van der Waals surface area contributed by atoms with Gasteiger partial charge in [0.1, 0.15) is 4.21 Å². The van der Waals surface area contributed by atoms with Crippen molar-refractivity contribution in [3.05, 3.63) is 16.5 Å². The molecule has 1 N–H and O–H groups in total. The molecule has 23 heavy (non-hydrogen) atoms. The molecule has 1 aliphatic heterocycles. The lowest BCUT2D eigenvalue weighted by molar-refractivity contribution is 0.144. The van der Waals surface area contributed by atoms with Crippen molar-refractivity contribution in [2.24, 2.45) is 0 Å². The number of thiophene rings is 1. The molecule has 2 rings (SSSR count). The molecule has 10 heteroatoms. The largest absolute Gasteiger partial charge is 0.382 e. The van der Waals surface area contributed by atoms with E-state index in [0.29, 0.717) is 30.5 Å². The lowest BCUT2D eigenvalue weighted by Crippen LogP contribution is -2.43. The number of halogens is 1. The van der Waals surface area contributed by atoms with E-state index < -0.39 is 31.0 Å². The molecule has 1 saturated heterocycles. The summed E-state index contributed by atoms with van der Waals surface area (Å²) in [5.74, 6) is -0.515. The van der Waals surface area contributed by atoms with E-state index in [1.807, 2.05) is 6.92 Å². The Morgan fingerprint density at radius 3 is 2.74 bits per heavy atom. The Morgan fingerprint density at radius 1 is 1.39 bits per heavy atom. The average molecular weight is 402 g/mol. The van der Waals surface area contributed by atoms with E-state index in [2.05, 4.69) is 5.32 Å². The smallest absolute Gasteiger partial charge is 0.193 e. The van der Waals surface area contributed by atoms with E-state index in [4.69, 9.17) is 16.3 Å². The fourth-order valence-electron chi connectivity index (χ4n) is 2.52. The van der Waals surface area contributed by atoms with Crippen LogP contribution in [0.25, 0.3) is 0 Å². The standard InChI is InChI=1S/C13H20ClNO5S3/c1-2-20-7-3-6-15-10-8-22(16,17)9-11(10)23(18,19)13-5-4-12(14)21-13/h4-5,10-11,15H,2-3,6-9H2,1H3/t10-,11-/m0/s1. The lowest BCUT2D eigenvalue weighted by atomic mass is 10.2. The number of nitrogens with one attached hydrogen (secondary N) is 1. The van der Waals surface area contributed by atoms with Gasteiger partial charge in [-0.1, -0.05) is 11.6 Å². The summed E-state index contributed by atoms with van der Waals surface area (Å²) >= 11 is 6.76. The van der Waals surface area contributed by atoms with Crippen molar-refractivity contribution in [2.75, 3.05) is 31.3 Å². The van der Waals surface area contributed by atoms with Crippen molar-refractivity contribution >= 4 is 42.6 Å². The number of hydrogen-bond donors (Lipinski definition) is 1. The van der Waals surface area contributed by atoms with E-state index >= 15 is 0 Å².